The van der Waals surface area contributed by atoms with Gasteiger partial charge in [0, 0.05) is 59.3 Å². The Balaban J connectivity index is 1.46. The second-order valence-electron chi connectivity index (χ2n) is 7.04. The number of rotatable bonds is 3. The fraction of sp³-hybridized carbons (Fsp3) is 0.824. The number of nitrogens with zero attached hydrogens (tertiary/aromatic N) is 4. The lowest BCUT2D eigenvalue weighted by atomic mass is 10.2. The fourth-order valence-electron chi connectivity index (χ4n) is 3.74. The van der Waals surface area contributed by atoms with E-state index in [1.807, 2.05) is 9.80 Å². The number of hydrogen-bond donors (Lipinski definition) is 0. The van der Waals surface area contributed by atoms with Crippen molar-refractivity contribution in [1.82, 2.24) is 19.6 Å². The van der Waals surface area contributed by atoms with E-state index < -0.39 is 0 Å². The maximum absolute atomic E-state index is 12.6. The van der Waals surface area contributed by atoms with E-state index in [1.54, 1.807) is 11.8 Å². The minimum atomic E-state index is -0.134. The van der Waals surface area contributed by atoms with Crippen molar-refractivity contribution < 1.29 is 14.4 Å². The number of hydrogen-bond acceptors (Lipinski definition) is 4. The number of carbonyl (C=O) groups excluding carboxylic acids is 3. The molecular weight excluding hydrogens is 308 g/mol. The van der Waals surface area contributed by atoms with Crippen molar-refractivity contribution in [2.24, 2.45) is 11.8 Å². The first kappa shape index (κ1) is 17.2. The summed E-state index contributed by atoms with van der Waals surface area (Å²) in [5, 5.41) is 0. The third-order valence-corrected chi connectivity index (χ3v) is 5.59. The zero-order chi connectivity index (χ0) is 17.3. The van der Waals surface area contributed by atoms with E-state index in [1.165, 1.54) is 0 Å². The summed E-state index contributed by atoms with van der Waals surface area (Å²) < 4.78 is 0. The second-order valence-corrected chi connectivity index (χ2v) is 7.04. The van der Waals surface area contributed by atoms with Crippen molar-refractivity contribution in [3.63, 3.8) is 0 Å². The van der Waals surface area contributed by atoms with Crippen molar-refractivity contribution >= 4 is 17.7 Å². The predicted molar refractivity (Wildman–Crippen MR) is 89.1 cm³/mol. The molecule has 1 aliphatic carbocycles. The highest BCUT2D eigenvalue weighted by molar-refractivity contribution is 5.92. The highest BCUT2D eigenvalue weighted by Gasteiger charge is 2.51. The molecule has 2 unspecified atom stereocenters. The Labute approximate surface area is 143 Å². The minimum Gasteiger partial charge on any atom is -0.340 e. The molecule has 0 radical (unpaired) electrons. The van der Waals surface area contributed by atoms with Gasteiger partial charge >= 0.3 is 0 Å². The Kier molecular flexibility index (Phi) is 5.08. The summed E-state index contributed by atoms with van der Waals surface area (Å²) in [7, 11) is 0. The van der Waals surface area contributed by atoms with Crippen molar-refractivity contribution in [2.75, 3.05) is 58.9 Å². The van der Waals surface area contributed by atoms with Crippen LogP contribution in [0.2, 0.25) is 0 Å². The van der Waals surface area contributed by atoms with Gasteiger partial charge in [0.05, 0.1) is 11.8 Å². The summed E-state index contributed by atoms with van der Waals surface area (Å²) in [4.78, 5) is 44.4. The van der Waals surface area contributed by atoms with Gasteiger partial charge in [-0.05, 0) is 13.0 Å². The van der Waals surface area contributed by atoms with Crippen LogP contribution in [0.5, 0.6) is 0 Å². The average Bonchev–Trinajstić information content (AvgIpc) is 3.41. The van der Waals surface area contributed by atoms with Gasteiger partial charge in [-0.1, -0.05) is 6.92 Å². The molecule has 0 aromatic carbocycles. The Morgan fingerprint density at radius 2 is 1.17 bits per heavy atom. The van der Waals surface area contributed by atoms with Gasteiger partial charge in [-0.15, -0.1) is 0 Å². The molecule has 0 bridgehead atoms. The van der Waals surface area contributed by atoms with E-state index in [0.29, 0.717) is 32.6 Å². The molecule has 3 rings (SSSR count). The van der Waals surface area contributed by atoms with Gasteiger partial charge in [0.15, 0.2) is 0 Å². The lowest BCUT2D eigenvalue weighted by molar-refractivity contribution is -0.141. The SMILES string of the molecule is CCN1CCN(C(=O)C2CC2C(=O)N2CCN(C(C)=O)CC2)CC1. The van der Waals surface area contributed by atoms with Gasteiger partial charge in [0.1, 0.15) is 0 Å². The van der Waals surface area contributed by atoms with Crippen molar-refractivity contribution in [3.8, 4) is 0 Å². The summed E-state index contributed by atoms with van der Waals surface area (Å²) >= 11 is 0. The molecule has 0 aromatic rings. The molecule has 0 spiro atoms. The standard InChI is InChI=1S/C17H28N4O3/c1-3-18-4-6-20(7-5-18)16(23)14-12-15(14)17(24)21-10-8-19(9-11-21)13(2)22/h14-15H,3-12H2,1-2H3. The van der Waals surface area contributed by atoms with Gasteiger partial charge in [-0.2, -0.15) is 0 Å². The molecule has 2 heterocycles. The van der Waals surface area contributed by atoms with E-state index in [-0.39, 0.29) is 29.6 Å². The Bertz CT molecular complexity index is 508. The van der Waals surface area contributed by atoms with Crippen LogP contribution in [0.25, 0.3) is 0 Å². The van der Waals surface area contributed by atoms with Crippen LogP contribution in [-0.2, 0) is 14.4 Å². The average molecular weight is 336 g/mol. The number of piperazine rings is 2. The van der Waals surface area contributed by atoms with E-state index >= 15 is 0 Å². The highest BCUT2D eigenvalue weighted by Crippen LogP contribution is 2.41. The van der Waals surface area contributed by atoms with Crippen LogP contribution in [0.4, 0.5) is 0 Å². The summed E-state index contributed by atoms with van der Waals surface area (Å²) in [6.07, 6.45) is 0.693. The first-order valence-electron chi connectivity index (χ1n) is 9.06. The summed E-state index contributed by atoms with van der Waals surface area (Å²) in [6, 6.07) is 0. The molecule has 2 atom stereocenters. The molecule has 24 heavy (non-hydrogen) atoms. The molecule has 2 saturated heterocycles. The minimum absolute atomic E-state index is 0.0628. The van der Waals surface area contributed by atoms with Crippen LogP contribution in [0.3, 0.4) is 0 Å². The van der Waals surface area contributed by atoms with Gasteiger partial charge in [0.2, 0.25) is 17.7 Å². The maximum atomic E-state index is 12.6. The van der Waals surface area contributed by atoms with E-state index in [9.17, 15) is 14.4 Å². The molecule has 3 amide bonds. The Morgan fingerprint density at radius 3 is 1.58 bits per heavy atom. The quantitative estimate of drug-likeness (QED) is 0.696. The van der Waals surface area contributed by atoms with Gasteiger partial charge in [-0.25, -0.2) is 0 Å². The normalized spacial score (nSPS) is 28.0. The second kappa shape index (κ2) is 7.09. The predicted octanol–water partition coefficient (Wildman–Crippen LogP) is -0.523. The molecule has 7 nitrogen and oxygen atoms in total. The third-order valence-electron chi connectivity index (χ3n) is 5.59. The molecule has 3 aliphatic rings. The Morgan fingerprint density at radius 1 is 0.750 bits per heavy atom. The topological polar surface area (TPSA) is 64.2 Å². The van der Waals surface area contributed by atoms with Crippen LogP contribution in [0.1, 0.15) is 20.3 Å². The van der Waals surface area contributed by atoms with Crippen LogP contribution in [-0.4, -0.2) is 96.2 Å². The first-order valence-corrected chi connectivity index (χ1v) is 9.06. The number of likely N-dealkylation sites (N-methyl/N-ethyl adjacent to an activating group) is 1. The van der Waals surface area contributed by atoms with Gasteiger partial charge in [-0.3, -0.25) is 14.4 Å². The summed E-state index contributed by atoms with van der Waals surface area (Å²) in [6.45, 7) is 10.5. The first-order chi connectivity index (χ1) is 11.5. The van der Waals surface area contributed by atoms with Crippen LogP contribution in [0.15, 0.2) is 0 Å². The molecule has 3 fully saturated rings. The molecular formula is C17H28N4O3. The lowest BCUT2D eigenvalue weighted by Gasteiger charge is -2.35. The van der Waals surface area contributed by atoms with Crippen LogP contribution >= 0.6 is 0 Å². The van der Waals surface area contributed by atoms with Gasteiger partial charge in [0.25, 0.3) is 0 Å². The van der Waals surface area contributed by atoms with Crippen LogP contribution in [0, 0.1) is 11.8 Å². The molecule has 0 aromatic heterocycles. The smallest absolute Gasteiger partial charge is 0.226 e. The van der Waals surface area contributed by atoms with Gasteiger partial charge < -0.3 is 19.6 Å². The monoisotopic (exact) mass is 336 g/mol. The number of carbonyl (C=O) groups is 3. The zero-order valence-electron chi connectivity index (χ0n) is 14.7. The Hall–Kier alpha value is -1.63. The summed E-state index contributed by atoms with van der Waals surface area (Å²) in [5.41, 5.74) is 0. The van der Waals surface area contributed by atoms with Crippen LogP contribution < -0.4 is 0 Å². The molecule has 2 aliphatic heterocycles. The molecule has 0 N–H and O–H groups in total. The fourth-order valence-corrected chi connectivity index (χ4v) is 3.74. The van der Waals surface area contributed by atoms with E-state index in [0.717, 1.165) is 32.7 Å². The van der Waals surface area contributed by atoms with E-state index in [2.05, 4.69) is 11.8 Å². The van der Waals surface area contributed by atoms with Crippen molar-refractivity contribution in [2.45, 2.75) is 20.3 Å². The van der Waals surface area contributed by atoms with Crippen molar-refractivity contribution in [1.29, 1.82) is 0 Å². The molecule has 1 saturated carbocycles. The largest absolute Gasteiger partial charge is 0.340 e. The highest BCUT2D eigenvalue weighted by atomic mass is 16.2. The maximum Gasteiger partial charge on any atom is 0.226 e. The lowest BCUT2D eigenvalue weighted by Crippen LogP contribution is -2.51. The third kappa shape index (κ3) is 3.55. The van der Waals surface area contributed by atoms with E-state index in [4.69, 9.17) is 0 Å². The zero-order valence-corrected chi connectivity index (χ0v) is 14.7. The molecule has 134 valence electrons. The molecule has 7 heteroatoms. The van der Waals surface area contributed by atoms with Crippen molar-refractivity contribution in [3.05, 3.63) is 0 Å². The summed E-state index contributed by atoms with van der Waals surface area (Å²) in [5.74, 6) is 0.0742. The number of amides is 3.